The predicted molar refractivity (Wildman–Crippen MR) is 87.7 cm³/mol. The highest BCUT2D eigenvalue weighted by Crippen LogP contribution is 2.24. The van der Waals surface area contributed by atoms with E-state index in [1.54, 1.807) is 0 Å². The number of thiazole rings is 1. The highest BCUT2D eigenvalue weighted by molar-refractivity contribution is 7.14. The Kier molecular flexibility index (Phi) is 4.42. The molecule has 0 unspecified atom stereocenters. The van der Waals surface area contributed by atoms with E-state index in [9.17, 15) is 9.59 Å². The molecule has 1 saturated heterocycles. The summed E-state index contributed by atoms with van der Waals surface area (Å²) < 4.78 is 0. The van der Waals surface area contributed by atoms with Crippen LogP contribution in [0.2, 0.25) is 0 Å². The summed E-state index contributed by atoms with van der Waals surface area (Å²) in [6, 6.07) is 9.18. The van der Waals surface area contributed by atoms with E-state index in [0.29, 0.717) is 24.6 Å². The van der Waals surface area contributed by atoms with Crippen molar-refractivity contribution in [1.82, 2.24) is 15.2 Å². The predicted octanol–water partition coefficient (Wildman–Crippen LogP) is 2.68. The van der Waals surface area contributed by atoms with E-state index in [1.165, 1.54) is 16.2 Å². The van der Waals surface area contributed by atoms with E-state index in [2.05, 4.69) is 15.6 Å². The maximum absolute atomic E-state index is 12.0. The van der Waals surface area contributed by atoms with Gasteiger partial charge in [0.25, 0.3) is 0 Å². The molecule has 0 radical (unpaired) electrons. The Morgan fingerprint density at radius 2 is 2.09 bits per heavy atom. The average Bonchev–Trinajstić information content (AvgIpc) is 3.18. The molecule has 3 amide bonds. The zero-order valence-corrected chi connectivity index (χ0v) is 13.0. The molecule has 2 aromatic rings. The number of urea groups is 1. The summed E-state index contributed by atoms with van der Waals surface area (Å²) in [5.41, 5.74) is 1.80. The fourth-order valence-electron chi connectivity index (χ4n) is 2.44. The van der Waals surface area contributed by atoms with Crippen LogP contribution in [0.3, 0.4) is 0 Å². The molecule has 0 saturated carbocycles. The summed E-state index contributed by atoms with van der Waals surface area (Å²) in [5.74, 6) is 0. The SMILES string of the molecule is O=C(Nc1nc(-c2ccccc2)cs1)N[C@@H]1CCN(C(=O)O)C1. The van der Waals surface area contributed by atoms with Crippen molar-refractivity contribution in [3.63, 3.8) is 0 Å². The molecule has 1 aliphatic heterocycles. The van der Waals surface area contributed by atoms with Gasteiger partial charge in [-0.15, -0.1) is 11.3 Å². The minimum absolute atomic E-state index is 0.167. The second-order valence-corrected chi connectivity index (χ2v) is 6.07. The maximum atomic E-state index is 12.0. The van der Waals surface area contributed by atoms with Gasteiger partial charge in [-0.25, -0.2) is 14.6 Å². The monoisotopic (exact) mass is 332 g/mol. The normalized spacial score (nSPS) is 17.0. The summed E-state index contributed by atoms with van der Waals surface area (Å²) in [6.07, 6.45) is -0.338. The van der Waals surface area contributed by atoms with E-state index in [-0.39, 0.29) is 12.1 Å². The number of carbonyl (C=O) groups excluding carboxylic acids is 1. The Morgan fingerprint density at radius 3 is 2.78 bits per heavy atom. The van der Waals surface area contributed by atoms with Crippen molar-refractivity contribution in [2.75, 3.05) is 18.4 Å². The fraction of sp³-hybridized carbons (Fsp3) is 0.267. The topological polar surface area (TPSA) is 94.6 Å². The lowest BCUT2D eigenvalue weighted by Crippen LogP contribution is -2.40. The number of nitrogens with zero attached hydrogens (tertiary/aromatic N) is 2. The van der Waals surface area contributed by atoms with E-state index in [1.807, 2.05) is 35.7 Å². The van der Waals surface area contributed by atoms with Gasteiger partial charge in [0.05, 0.1) is 5.69 Å². The van der Waals surface area contributed by atoms with Gasteiger partial charge in [-0.2, -0.15) is 0 Å². The number of carbonyl (C=O) groups is 2. The second kappa shape index (κ2) is 6.66. The number of benzene rings is 1. The summed E-state index contributed by atoms with van der Waals surface area (Å²) in [5, 5.41) is 16.8. The van der Waals surface area contributed by atoms with Crippen LogP contribution in [0.25, 0.3) is 11.3 Å². The lowest BCUT2D eigenvalue weighted by atomic mass is 10.2. The van der Waals surface area contributed by atoms with Crippen molar-refractivity contribution in [2.24, 2.45) is 0 Å². The number of hydrogen-bond donors (Lipinski definition) is 3. The Bertz CT molecular complexity index is 704. The lowest BCUT2D eigenvalue weighted by Gasteiger charge is -2.13. The highest BCUT2D eigenvalue weighted by Gasteiger charge is 2.27. The number of amides is 3. The van der Waals surface area contributed by atoms with Gasteiger partial charge in [0.15, 0.2) is 5.13 Å². The van der Waals surface area contributed by atoms with Crippen molar-refractivity contribution in [3.8, 4) is 11.3 Å². The van der Waals surface area contributed by atoms with Gasteiger partial charge in [-0.1, -0.05) is 30.3 Å². The van der Waals surface area contributed by atoms with E-state index in [4.69, 9.17) is 5.11 Å². The number of carboxylic acid groups (broad SMARTS) is 1. The number of likely N-dealkylation sites (tertiary alicyclic amines) is 1. The number of nitrogens with one attached hydrogen (secondary N) is 2. The van der Waals surface area contributed by atoms with Crippen molar-refractivity contribution >= 4 is 28.6 Å². The zero-order chi connectivity index (χ0) is 16.2. The summed E-state index contributed by atoms with van der Waals surface area (Å²) in [4.78, 5) is 28.5. The number of aromatic nitrogens is 1. The van der Waals surface area contributed by atoms with Crippen LogP contribution >= 0.6 is 11.3 Å². The largest absolute Gasteiger partial charge is 0.465 e. The molecule has 8 heteroatoms. The molecule has 3 N–H and O–H groups in total. The molecule has 1 aliphatic rings. The van der Waals surface area contributed by atoms with Crippen LogP contribution in [0.15, 0.2) is 35.7 Å². The highest BCUT2D eigenvalue weighted by atomic mass is 32.1. The van der Waals surface area contributed by atoms with E-state index in [0.717, 1.165) is 11.3 Å². The van der Waals surface area contributed by atoms with Gasteiger partial charge in [0.1, 0.15) is 0 Å². The number of hydrogen-bond acceptors (Lipinski definition) is 4. The third-order valence-corrected chi connectivity index (χ3v) is 4.35. The molecule has 1 fully saturated rings. The van der Waals surface area contributed by atoms with Crippen molar-refractivity contribution < 1.29 is 14.7 Å². The van der Waals surface area contributed by atoms with Gasteiger partial charge in [-0.3, -0.25) is 5.32 Å². The molecule has 120 valence electrons. The Morgan fingerprint density at radius 1 is 1.30 bits per heavy atom. The minimum Gasteiger partial charge on any atom is -0.465 e. The average molecular weight is 332 g/mol. The molecule has 1 atom stereocenters. The van der Waals surface area contributed by atoms with Crippen LogP contribution in [0.4, 0.5) is 14.7 Å². The van der Waals surface area contributed by atoms with Crippen molar-refractivity contribution in [1.29, 1.82) is 0 Å². The van der Waals surface area contributed by atoms with Gasteiger partial charge in [0.2, 0.25) is 0 Å². The minimum atomic E-state index is -0.956. The third kappa shape index (κ3) is 3.78. The standard InChI is InChI=1S/C15H16N4O3S/c20-13(16-11-6-7-19(8-11)15(21)22)18-14-17-12(9-23-14)10-4-2-1-3-5-10/h1-5,9,11H,6-8H2,(H,21,22)(H2,16,17,18,20)/t11-/m1/s1. The molecule has 0 bridgehead atoms. The molecule has 1 aromatic heterocycles. The first-order chi connectivity index (χ1) is 11.1. The third-order valence-electron chi connectivity index (χ3n) is 3.59. The summed E-state index contributed by atoms with van der Waals surface area (Å²) >= 11 is 1.35. The van der Waals surface area contributed by atoms with E-state index >= 15 is 0 Å². The smallest absolute Gasteiger partial charge is 0.407 e. The quantitative estimate of drug-likeness (QED) is 0.805. The summed E-state index contributed by atoms with van der Waals surface area (Å²) in [7, 11) is 0. The van der Waals surface area contributed by atoms with Crippen LogP contribution in [0.5, 0.6) is 0 Å². The summed E-state index contributed by atoms with van der Waals surface area (Å²) in [6.45, 7) is 0.756. The first-order valence-electron chi connectivity index (χ1n) is 7.18. The number of anilines is 1. The fourth-order valence-corrected chi connectivity index (χ4v) is 3.16. The van der Waals surface area contributed by atoms with Crippen LogP contribution in [0, 0.1) is 0 Å². The van der Waals surface area contributed by atoms with Gasteiger partial charge in [0, 0.05) is 30.1 Å². The molecule has 0 aliphatic carbocycles. The molecule has 3 rings (SSSR count). The van der Waals surface area contributed by atoms with Crippen LogP contribution < -0.4 is 10.6 Å². The lowest BCUT2D eigenvalue weighted by molar-refractivity contribution is 0.154. The van der Waals surface area contributed by atoms with Crippen LogP contribution in [0.1, 0.15) is 6.42 Å². The molecular formula is C15H16N4O3S. The Labute approximate surface area is 137 Å². The van der Waals surface area contributed by atoms with Gasteiger partial charge in [-0.05, 0) is 6.42 Å². The second-order valence-electron chi connectivity index (χ2n) is 5.22. The van der Waals surface area contributed by atoms with Gasteiger partial charge >= 0.3 is 12.1 Å². The Balaban J connectivity index is 1.55. The first kappa shape index (κ1) is 15.3. The first-order valence-corrected chi connectivity index (χ1v) is 8.06. The van der Waals surface area contributed by atoms with Crippen molar-refractivity contribution in [3.05, 3.63) is 35.7 Å². The molecule has 2 heterocycles. The zero-order valence-electron chi connectivity index (χ0n) is 12.2. The van der Waals surface area contributed by atoms with Crippen molar-refractivity contribution in [2.45, 2.75) is 12.5 Å². The molecule has 7 nitrogen and oxygen atoms in total. The molecule has 1 aromatic carbocycles. The maximum Gasteiger partial charge on any atom is 0.407 e. The molecule has 23 heavy (non-hydrogen) atoms. The van der Waals surface area contributed by atoms with Crippen LogP contribution in [-0.2, 0) is 0 Å². The molecular weight excluding hydrogens is 316 g/mol. The Hall–Kier alpha value is -2.61. The number of rotatable bonds is 3. The van der Waals surface area contributed by atoms with E-state index < -0.39 is 6.09 Å². The molecule has 0 spiro atoms. The van der Waals surface area contributed by atoms with Gasteiger partial charge < -0.3 is 15.3 Å². The van der Waals surface area contributed by atoms with Crippen LogP contribution in [-0.4, -0.2) is 46.2 Å².